The quantitative estimate of drug-likeness (QED) is 0.383. The highest BCUT2D eigenvalue weighted by atomic mass is 16.5. The van der Waals surface area contributed by atoms with Crippen molar-refractivity contribution in [2.75, 3.05) is 12.4 Å². The predicted molar refractivity (Wildman–Crippen MR) is 142 cm³/mol. The van der Waals surface area contributed by atoms with Crippen molar-refractivity contribution in [1.29, 1.82) is 0 Å². The molecule has 0 amide bonds. The molecular formula is C30H41N3O3. The second-order valence-corrected chi connectivity index (χ2v) is 12.6. The van der Waals surface area contributed by atoms with Crippen LogP contribution in [0.15, 0.2) is 24.4 Å². The van der Waals surface area contributed by atoms with Crippen molar-refractivity contribution in [2.45, 2.75) is 84.6 Å². The summed E-state index contributed by atoms with van der Waals surface area (Å²) in [7, 11) is 1.46. The van der Waals surface area contributed by atoms with Crippen LogP contribution in [-0.2, 0) is 9.53 Å². The number of Topliss-reactive ketones (excluding diaryl/α,β-unsaturated/α-hetero) is 1. The Morgan fingerprint density at radius 2 is 1.69 bits per heavy atom. The SMILES string of the molecule is COC(=O)C1CC2CCCC(C1)C2C(=O)c1ccc2nc(NC3CCC(C(C)(C)C)CC3)ncc2c1. The molecule has 3 saturated carbocycles. The van der Waals surface area contributed by atoms with E-state index in [0.29, 0.717) is 17.4 Å². The van der Waals surface area contributed by atoms with E-state index in [1.54, 1.807) is 0 Å². The van der Waals surface area contributed by atoms with Gasteiger partial charge in [-0.2, -0.15) is 0 Å². The largest absolute Gasteiger partial charge is 0.469 e. The summed E-state index contributed by atoms with van der Waals surface area (Å²) in [6.07, 6.45) is 11.3. The third-order valence-corrected chi connectivity index (χ3v) is 9.33. The van der Waals surface area contributed by atoms with Gasteiger partial charge in [-0.05, 0) is 92.7 Å². The number of methoxy groups -OCH3 is 1. The second kappa shape index (κ2) is 10.1. The zero-order valence-electron chi connectivity index (χ0n) is 22.3. The number of nitrogens with zero attached hydrogens (tertiary/aromatic N) is 2. The first-order chi connectivity index (χ1) is 17.2. The zero-order chi connectivity index (χ0) is 25.4. The van der Waals surface area contributed by atoms with Crippen molar-refractivity contribution < 1.29 is 14.3 Å². The monoisotopic (exact) mass is 491 g/mol. The van der Waals surface area contributed by atoms with E-state index in [1.807, 2.05) is 24.4 Å². The van der Waals surface area contributed by atoms with Crippen LogP contribution >= 0.6 is 0 Å². The number of ether oxygens (including phenoxy) is 1. The fourth-order valence-electron chi connectivity index (χ4n) is 7.26. The number of carbonyl (C=O) groups is 2. The van der Waals surface area contributed by atoms with Gasteiger partial charge in [0.25, 0.3) is 0 Å². The molecule has 2 unspecified atom stereocenters. The van der Waals surface area contributed by atoms with Crippen LogP contribution in [0, 0.1) is 35.0 Å². The van der Waals surface area contributed by atoms with Crippen molar-refractivity contribution in [3.05, 3.63) is 30.0 Å². The molecule has 36 heavy (non-hydrogen) atoms. The Hall–Kier alpha value is -2.50. The number of esters is 1. The molecule has 2 atom stereocenters. The van der Waals surface area contributed by atoms with Crippen LogP contribution in [0.2, 0.25) is 0 Å². The highest BCUT2D eigenvalue weighted by molar-refractivity contribution is 6.01. The number of nitrogens with one attached hydrogen (secondary N) is 1. The topological polar surface area (TPSA) is 81.2 Å². The standard InChI is InChI=1S/C30H41N3O3/c1-30(2,3)23-9-11-24(12-10-23)32-29-31-17-22-16-20(8-13-25(22)33-29)27(34)26-18-6-5-7-19(26)15-21(14-18)28(35)36-4/h8,13,16-19,21,23-24,26H,5-7,9-12,14-15H2,1-4H3,(H,31,32,33). The molecular weight excluding hydrogens is 450 g/mol. The minimum Gasteiger partial charge on any atom is -0.469 e. The summed E-state index contributed by atoms with van der Waals surface area (Å²) in [5, 5.41) is 4.45. The van der Waals surface area contributed by atoms with Gasteiger partial charge in [-0.3, -0.25) is 9.59 Å². The van der Waals surface area contributed by atoms with Gasteiger partial charge in [0.15, 0.2) is 5.78 Å². The molecule has 2 bridgehead atoms. The summed E-state index contributed by atoms with van der Waals surface area (Å²) in [4.78, 5) is 35.2. The first kappa shape index (κ1) is 25.2. The first-order valence-electron chi connectivity index (χ1n) is 13.9. The minimum absolute atomic E-state index is 0.00203. The van der Waals surface area contributed by atoms with Gasteiger partial charge in [-0.15, -0.1) is 0 Å². The number of hydrogen-bond acceptors (Lipinski definition) is 6. The second-order valence-electron chi connectivity index (χ2n) is 12.6. The van der Waals surface area contributed by atoms with Gasteiger partial charge in [0.2, 0.25) is 5.95 Å². The van der Waals surface area contributed by atoms with Gasteiger partial charge in [-0.25, -0.2) is 9.97 Å². The average molecular weight is 492 g/mol. The first-order valence-corrected chi connectivity index (χ1v) is 13.9. The lowest BCUT2D eigenvalue weighted by molar-refractivity contribution is -0.149. The van der Waals surface area contributed by atoms with Crippen LogP contribution in [0.3, 0.4) is 0 Å². The average Bonchev–Trinajstić information content (AvgIpc) is 2.86. The van der Waals surface area contributed by atoms with E-state index in [2.05, 4.69) is 31.1 Å². The summed E-state index contributed by atoms with van der Waals surface area (Å²) < 4.78 is 5.02. The van der Waals surface area contributed by atoms with Crippen molar-refractivity contribution >= 4 is 28.6 Å². The number of carbonyl (C=O) groups excluding carboxylic acids is 2. The molecule has 0 radical (unpaired) electrons. The molecule has 1 aromatic carbocycles. The van der Waals surface area contributed by atoms with E-state index in [4.69, 9.17) is 9.72 Å². The predicted octanol–water partition coefficient (Wildman–Crippen LogP) is 6.44. The molecule has 2 aromatic rings. The Balaban J connectivity index is 1.27. The summed E-state index contributed by atoms with van der Waals surface area (Å²) >= 11 is 0. The number of ketones is 1. The lowest BCUT2D eigenvalue weighted by Gasteiger charge is -2.44. The van der Waals surface area contributed by atoms with Crippen molar-refractivity contribution in [3.63, 3.8) is 0 Å². The Bertz CT molecular complexity index is 1100. The van der Waals surface area contributed by atoms with Gasteiger partial charge in [0.05, 0.1) is 18.5 Å². The fourth-order valence-corrected chi connectivity index (χ4v) is 7.26. The molecule has 6 nitrogen and oxygen atoms in total. The van der Waals surface area contributed by atoms with Crippen LogP contribution < -0.4 is 5.32 Å². The molecule has 3 aliphatic carbocycles. The van der Waals surface area contributed by atoms with Gasteiger partial charge in [-0.1, -0.05) is 27.2 Å². The van der Waals surface area contributed by atoms with Crippen molar-refractivity contribution in [2.24, 2.45) is 35.0 Å². The molecule has 1 heterocycles. The van der Waals surface area contributed by atoms with Crippen molar-refractivity contribution in [3.8, 4) is 0 Å². The highest BCUT2D eigenvalue weighted by Crippen LogP contribution is 2.48. The molecule has 5 rings (SSSR count). The molecule has 0 saturated heterocycles. The smallest absolute Gasteiger partial charge is 0.308 e. The molecule has 1 aromatic heterocycles. The van der Waals surface area contributed by atoms with E-state index < -0.39 is 0 Å². The van der Waals surface area contributed by atoms with Crippen LogP contribution in [0.4, 0.5) is 5.95 Å². The lowest BCUT2D eigenvalue weighted by atomic mass is 9.59. The lowest BCUT2D eigenvalue weighted by Crippen LogP contribution is -2.42. The normalized spacial score (nSPS) is 30.6. The Labute approximate surface area is 215 Å². The van der Waals surface area contributed by atoms with E-state index in [-0.39, 0.29) is 35.4 Å². The number of fused-ring (bicyclic) bond motifs is 3. The van der Waals surface area contributed by atoms with Crippen molar-refractivity contribution in [1.82, 2.24) is 9.97 Å². The molecule has 0 spiro atoms. The summed E-state index contributed by atoms with van der Waals surface area (Å²) in [5.41, 5.74) is 1.98. The Morgan fingerprint density at radius 1 is 1.00 bits per heavy atom. The van der Waals surface area contributed by atoms with Gasteiger partial charge in [0, 0.05) is 29.1 Å². The number of benzene rings is 1. The fraction of sp³-hybridized carbons (Fsp3) is 0.667. The van der Waals surface area contributed by atoms with E-state index in [0.717, 1.165) is 67.3 Å². The third-order valence-electron chi connectivity index (χ3n) is 9.33. The minimum atomic E-state index is -0.118. The number of hydrogen-bond donors (Lipinski definition) is 1. The number of rotatable bonds is 5. The molecule has 194 valence electrons. The van der Waals surface area contributed by atoms with Gasteiger partial charge < -0.3 is 10.1 Å². The maximum atomic E-state index is 13.7. The van der Waals surface area contributed by atoms with Crippen LogP contribution in [0.5, 0.6) is 0 Å². The molecule has 3 aliphatic rings. The Morgan fingerprint density at radius 3 is 2.33 bits per heavy atom. The third kappa shape index (κ3) is 5.14. The summed E-state index contributed by atoms with van der Waals surface area (Å²) in [5.74, 6) is 2.02. The Kier molecular flexibility index (Phi) is 7.06. The summed E-state index contributed by atoms with van der Waals surface area (Å²) in [6.45, 7) is 7.03. The highest BCUT2D eigenvalue weighted by Gasteiger charge is 2.46. The number of aromatic nitrogens is 2. The van der Waals surface area contributed by atoms with Crippen LogP contribution in [-0.4, -0.2) is 34.9 Å². The summed E-state index contributed by atoms with van der Waals surface area (Å²) in [6, 6.07) is 6.26. The van der Waals surface area contributed by atoms with Gasteiger partial charge >= 0.3 is 5.97 Å². The van der Waals surface area contributed by atoms with E-state index in [1.165, 1.54) is 20.0 Å². The van der Waals surface area contributed by atoms with E-state index >= 15 is 0 Å². The number of anilines is 1. The maximum absolute atomic E-state index is 13.7. The van der Waals surface area contributed by atoms with Gasteiger partial charge in [0.1, 0.15) is 0 Å². The molecule has 6 heteroatoms. The maximum Gasteiger partial charge on any atom is 0.308 e. The van der Waals surface area contributed by atoms with Crippen LogP contribution in [0.25, 0.3) is 10.9 Å². The van der Waals surface area contributed by atoms with E-state index in [9.17, 15) is 9.59 Å². The zero-order valence-corrected chi connectivity index (χ0v) is 22.3. The molecule has 1 N–H and O–H groups in total. The molecule has 3 fully saturated rings. The molecule has 0 aliphatic heterocycles. The van der Waals surface area contributed by atoms with Crippen LogP contribution in [0.1, 0.15) is 88.9 Å².